The monoisotopic (exact) mass is 584 g/mol. The number of phenolic OH excluding ortho intramolecular Hbond substituents is 1. The predicted octanol–water partition coefficient (Wildman–Crippen LogP) is 0.546. The highest BCUT2D eigenvalue weighted by molar-refractivity contribution is 6.24. The second kappa shape index (κ2) is 11.0. The number of likely N-dealkylation sites (N-methyl/N-ethyl adjacent to an activating group) is 1. The minimum Gasteiger partial charge on any atom is -0.508 e. The molecule has 0 bridgehead atoms. The first-order chi connectivity index (χ1) is 19.8. The Bertz CT molecular complexity index is 1390. The van der Waals surface area contributed by atoms with Crippen molar-refractivity contribution in [1.82, 2.24) is 10.2 Å². The summed E-state index contributed by atoms with van der Waals surface area (Å²) in [6, 6.07) is 0.749. The van der Waals surface area contributed by atoms with E-state index in [0.717, 1.165) is 38.3 Å². The van der Waals surface area contributed by atoms with Crippen molar-refractivity contribution >= 4 is 28.9 Å². The minimum atomic E-state index is -2.66. The average Bonchev–Trinajstić information content (AvgIpc) is 2.92. The zero-order valence-corrected chi connectivity index (χ0v) is 24.4. The molecular weight excluding hydrogens is 544 g/mol. The fourth-order valence-corrected chi connectivity index (χ4v) is 7.24. The number of fused-ring (bicyclic) bond motifs is 3. The summed E-state index contributed by atoms with van der Waals surface area (Å²) >= 11 is 0. The fourth-order valence-electron chi connectivity index (χ4n) is 7.24. The largest absolute Gasteiger partial charge is 0.508 e. The van der Waals surface area contributed by atoms with Crippen LogP contribution in [0.1, 0.15) is 36.0 Å². The maximum Gasteiger partial charge on any atom is 0.255 e. The van der Waals surface area contributed by atoms with Gasteiger partial charge in [-0.15, -0.1) is 0 Å². The van der Waals surface area contributed by atoms with Gasteiger partial charge in [0.2, 0.25) is 5.78 Å². The summed E-state index contributed by atoms with van der Waals surface area (Å²) in [6.07, 6.45) is 2.19. The second-order valence-electron chi connectivity index (χ2n) is 12.3. The summed E-state index contributed by atoms with van der Waals surface area (Å²) < 4.78 is 5.43. The lowest BCUT2D eigenvalue weighted by molar-refractivity contribution is -0.153. The molecule has 1 heterocycles. The van der Waals surface area contributed by atoms with Gasteiger partial charge in [0.15, 0.2) is 11.4 Å². The number of aliphatic hydroxyl groups excluding tert-OH is 2. The van der Waals surface area contributed by atoms with Crippen molar-refractivity contribution in [3.8, 4) is 5.75 Å². The summed E-state index contributed by atoms with van der Waals surface area (Å²) in [4.78, 5) is 42.9. The van der Waals surface area contributed by atoms with Crippen LogP contribution in [0, 0.1) is 17.8 Å². The Morgan fingerprint density at radius 3 is 2.40 bits per heavy atom. The van der Waals surface area contributed by atoms with E-state index in [4.69, 9.17) is 10.5 Å². The molecular formula is C30H40N4O8. The molecule has 7 N–H and O–H groups in total. The molecule has 2 fully saturated rings. The van der Waals surface area contributed by atoms with Crippen LogP contribution >= 0.6 is 0 Å². The quantitative estimate of drug-likeness (QED) is 0.246. The highest BCUT2D eigenvalue weighted by Gasteiger charge is 2.64. The first-order valence-electron chi connectivity index (χ1n) is 14.3. The molecule has 1 aliphatic heterocycles. The molecule has 0 unspecified atom stereocenters. The Kier molecular flexibility index (Phi) is 7.86. The number of benzene rings is 1. The Morgan fingerprint density at radius 2 is 1.81 bits per heavy atom. The van der Waals surface area contributed by atoms with E-state index >= 15 is 0 Å². The van der Waals surface area contributed by atoms with Gasteiger partial charge in [0, 0.05) is 56.6 Å². The molecule has 228 valence electrons. The summed E-state index contributed by atoms with van der Waals surface area (Å²) in [7, 11) is 6.85. The van der Waals surface area contributed by atoms with Crippen LogP contribution in [0.5, 0.6) is 5.75 Å². The van der Waals surface area contributed by atoms with Crippen LogP contribution in [-0.4, -0.2) is 102 Å². The Hall–Kier alpha value is -3.45. The second-order valence-corrected chi connectivity index (χ2v) is 12.3. The van der Waals surface area contributed by atoms with Gasteiger partial charge >= 0.3 is 0 Å². The van der Waals surface area contributed by atoms with Crippen molar-refractivity contribution in [2.75, 3.05) is 52.8 Å². The van der Waals surface area contributed by atoms with Crippen LogP contribution in [0.25, 0.3) is 5.76 Å². The molecule has 12 nitrogen and oxygen atoms in total. The van der Waals surface area contributed by atoms with E-state index in [0.29, 0.717) is 23.6 Å². The van der Waals surface area contributed by atoms with Gasteiger partial charge in [0.25, 0.3) is 5.91 Å². The number of hydrogen-bond donors (Lipinski definition) is 6. The van der Waals surface area contributed by atoms with E-state index in [1.807, 2.05) is 25.1 Å². The molecule has 0 spiro atoms. The van der Waals surface area contributed by atoms with Crippen molar-refractivity contribution in [3.05, 3.63) is 39.7 Å². The maximum absolute atomic E-state index is 14.1. The number of carbonyl (C=O) groups is 3. The van der Waals surface area contributed by atoms with E-state index in [9.17, 15) is 34.8 Å². The standard InChI is InChI=1S/C30H40N4O8/c1-33(2)19-11-16(13-32-12-14-5-7-42-8-6-14)24(35)21-17(19)9-15-10-18-23(34(3)4)26(37)22(29(31)40)28(39)30(18,41)27(38)20(15)25(21)36/h11,14-15,18,23,32,35-36,39,41H,5-10,12-13H2,1-4H3,(H2,31,40)/t15-,18-,23-,30-/m0/s1. The minimum absolute atomic E-state index is 0.0494. The molecule has 12 heteroatoms. The number of ketones is 2. The van der Waals surface area contributed by atoms with Crippen molar-refractivity contribution in [3.63, 3.8) is 0 Å². The molecule has 1 saturated carbocycles. The van der Waals surface area contributed by atoms with Crippen molar-refractivity contribution in [2.45, 2.75) is 43.9 Å². The van der Waals surface area contributed by atoms with Gasteiger partial charge in [-0.1, -0.05) is 0 Å². The van der Waals surface area contributed by atoms with Crippen molar-refractivity contribution < 1.29 is 39.5 Å². The SMILES string of the molecule is CN(C)c1cc(CNCC2CCOCC2)c(O)c2c1C[C@H]1C[C@H]3[C@H](N(C)C)C(=O)C(C(N)=O)=C(O)[C@@]3(O)C(=O)C1=C2O. The van der Waals surface area contributed by atoms with Gasteiger partial charge in [0.05, 0.1) is 11.6 Å². The maximum atomic E-state index is 14.1. The van der Waals surface area contributed by atoms with E-state index < -0.39 is 58.0 Å². The number of aromatic hydroxyl groups is 1. The summed E-state index contributed by atoms with van der Waals surface area (Å²) in [5.41, 5.74) is 3.78. The molecule has 4 aliphatic rings. The number of anilines is 1. The van der Waals surface area contributed by atoms with Gasteiger partial charge in [-0.3, -0.25) is 19.3 Å². The van der Waals surface area contributed by atoms with Gasteiger partial charge < -0.3 is 41.1 Å². The molecule has 42 heavy (non-hydrogen) atoms. The van der Waals surface area contributed by atoms with Crippen LogP contribution in [-0.2, 0) is 32.1 Å². The Balaban J connectivity index is 1.60. The van der Waals surface area contributed by atoms with Gasteiger partial charge in [0.1, 0.15) is 22.8 Å². The number of rotatable bonds is 7. The number of amides is 1. The van der Waals surface area contributed by atoms with Gasteiger partial charge in [-0.05, 0) is 69.8 Å². The first-order valence-corrected chi connectivity index (χ1v) is 14.3. The smallest absolute Gasteiger partial charge is 0.255 e. The van der Waals surface area contributed by atoms with Gasteiger partial charge in [-0.2, -0.15) is 0 Å². The third-order valence-corrected chi connectivity index (χ3v) is 9.35. The zero-order chi connectivity index (χ0) is 30.7. The number of primary amides is 1. The van der Waals surface area contributed by atoms with E-state index in [2.05, 4.69) is 5.32 Å². The molecule has 1 aromatic carbocycles. The number of aliphatic hydroxyl groups is 3. The average molecular weight is 585 g/mol. The molecule has 0 aromatic heterocycles. The van der Waals surface area contributed by atoms with Crippen LogP contribution < -0.4 is 16.0 Å². The third kappa shape index (κ3) is 4.57. The zero-order valence-electron chi connectivity index (χ0n) is 24.4. The first kappa shape index (κ1) is 30.0. The molecule has 1 amide bonds. The van der Waals surface area contributed by atoms with E-state index in [-0.39, 0.29) is 29.7 Å². The number of nitrogens with one attached hydrogen (secondary N) is 1. The summed E-state index contributed by atoms with van der Waals surface area (Å²) in [5, 5.41) is 49.3. The van der Waals surface area contributed by atoms with Gasteiger partial charge in [-0.25, -0.2) is 0 Å². The summed E-state index contributed by atoms with van der Waals surface area (Å²) in [5.74, 6) is -6.09. The van der Waals surface area contributed by atoms with Crippen LogP contribution in [0.15, 0.2) is 23.0 Å². The Labute approximate surface area is 244 Å². The third-order valence-electron chi connectivity index (χ3n) is 9.35. The van der Waals surface area contributed by atoms with Crippen molar-refractivity contribution in [2.24, 2.45) is 23.5 Å². The Morgan fingerprint density at radius 1 is 1.14 bits per heavy atom. The number of Topliss-reactive ketones (excluding diaryl/α,β-unsaturated/α-hetero) is 2. The normalized spacial score (nSPS) is 28.1. The highest BCUT2D eigenvalue weighted by atomic mass is 16.5. The van der Waals surface area contributed by atoms with Crippen LogP contribution in [0.3, 0.4) is 0 Å². The summed E-state index contributed by atoms with van der Waals surface area (Å²) in [6.45, 7) is 2.50. The predicted molar refractivity (Wildman–Crippen MR) is 154 cm³/mol. The van der Waals surface area contributed by atoms with Crippen molar-refractivity contribution in [1.29, 1.82) is 0 Å². The number of nitrogens with zero attached hydrogens (tertiary/aromatic N) is 2. The number of nitrogens with two attached hydrogens (primary N) is 1. The number of hydrogen-bond acceptors (Lipinski definition) is 11. The number of phenols is 1. The highest BCUT2D eigenvalue weighted by Crippen LogP contribution is 2.54. The topological polar surface area (TPSA) is 186 Å². The number of carbonyl (C=O) groups excluding carboxylic acids is 3. The fraction of sp³-hybridized carbons (Fsp3) is 0.567. The van der Waals surface area contributed by atoms with E-state index in [1.54, 1.807) is 14.1 Å². The van der Waals surface area contributed by atoms with Crippen LogP contribution in [0.2, 0.25) is 0 Å². The number of ether oxygens (including phenoxy) is 1. The molecule has 5 rings (SSSR count). The lowest BCUT2D eigenvalue weighted by Crippen LogP contribution is -2.65. The molecule has 3 aliphatic carbocycles. The van der Waals surface area contributed by atoms with Crippen LogP contribution in [0.4, 0.5) is 5.69 Å². The molecule has 0 radical (unpaired) electrons. The molecule has 1 aromatic rings. The van der Waals surface area contributed by atoms with E-state index in [1.165, 1.54) is 4.90 Å². The lowest BCUT2D eigenvalue weighted by Gasteiger charge is -2.50. The molecule has 4 atom stereocenters. The lowest BCUT2D eigenvalue weighted by atomic mass is 9.57. The molecule has 1 saturated heterocycles.